The van der Waals surface area contributed by atoms with Crippen molar-refractivity contribution < 1.29 is 14.3 Å². The van der Waals surface area contributed by atoms with Gasteiger partial charge in [-0.3, -0.25) is 4.79 Å². The van der Waals surface area contributed by atoms with Crippen LogP contribution in [-0.2, 0) is 0 Å². The maximum Gasteiger partial charge on any atom is 0.274 e. The van der Waals surface area contributed by atoms with Crippen LogP contribution in [0.5, 0.6) is 11.5 Å². The smallest absolute Gasteiger partial charge is 0.274 e. The van der Waals surface area contributed by atoms with Crippen molar-refractivity contribution in [3.8, 4) is 11.5 Å². The van der Waals surface area contributed by atoms with Gasteiger partial charge in [-0.1, -0.05) is 17.7 Å². The van der Waals surface area contributed by atoms with E-state index in [9.17, 15) is 4.79 Å². The SMILES string of the molecule is Cc1ccc(Nc2ccc(C(=O)Nc3ccc4c(c3)OCO4)nc2)c(C)c1. The van der Waals surface area contributed by atoms with Gasteiger partial charge in [0.05, 0.1) is 11.9 Å². The average molecular weight is 361 g/mol. The Morgan fingerprint density at radius 3 is 2.56 bits per heavy atom. The third kappa shape index (κ3) is 3.69. The zero-order chi connectivity index (χ0) is 18.8. The summed E-state index contributed by atoms with van der Waals surface area (Å²) in [5.41, 5.74) is 5.16. The van der Waals surface area contributed by atoms with Gasteiger partial charge in [0.15, 0.2) is 11.5 Å². The van der Waals surface area contributed by atoms with E-state index in [1.54, 1.807) is 30.5 Å². The molecular formula is C21H19N3O3. The Morgan fingerprint density at radius 2 is 1.78 bits per heavy atom. The Labute approximate surface area is 157 Å². The van der Waals surface area contributed by atoms with Crippen molar-refractivity contribution >= 4 is 23.0 Å². The van der Waals surface area contributed by atoms with Crippen LogP contribution in [-0.4, -0.2) is 17.7 Å². The van der Waals surface area contributed by atoms with Gasteiger partial charge < -0.3 is 20.1 Å². The van der Waals surface area contributed by atoms with Gasteiger partial charge >= 0.3 is 0 Å². The van der Waals surface area contributed by atoms with Crippen molar-refractivity contribution in [2.75, 3.05) is 17.4 Å². The minimum atomic E-state index is -0.285. The second-order valence-corrected chi connectivity index (χ2v) is 6.40. The van der Waals surface area contributed by atoms with E-state index in [1.807, 2.05) is 12.1 Å². The molecule has 2 N–H and O–H groups in total. The van der Waals surface area contributed by atoms with Crippen LogP contribution in [0.3, 0.4) is 0 Å². The fourth-order valence-corrected chi connectivity index (χ4v) is 2.88. The lowest BCUT2D eigenvalue weighted by Gasteiger charge is -2.11. The molecule has 1 aliphatic rings. The number of ether oxygens (including phenoxy) is 2. The number of fused-ring (bicyclic) bond motifs is 1. The van der Waals surface area contributed by atoms with Gasteiger partial charge in [0.1, 0.15) is 5.69 Å². The molecule has 0 spiro atoms. The monoisotopic (exact) mass is 361 g/mol. The predicted molar refractivity (Wildman–Crippen MR) is 104 cm³/mol. The molecule has 0 saturated heterocycles. The molecule has 2 heterocycles. The van der Waals surface area contributed by atoms with Crippen LogP contribution in [0.1, 0.15) is 21.6 Å². The fraction of sp³-hybridized carbons (Fsp3) is 0.143. The molecule has 27 heavy (non-hydrogen) atoms. The third-order valence-corrected chi connectivity index (χ3v) is 4.29. The number of carbonyl (C=O) groups is 1. The van der Waals surface area contributed by atoms with Gasteiger partial charge in [-0.25, -0.2) is 4.98 Å². The summed E-state index contributed by atoms with van der Waals surface area (Å²) < 4.78 is 10.6. The zero-order valence-corrected chi connectivity index (χ0v) is 15.1. The summed E-state index contributed by atoms with van der Waals surface area (Å²) in [4.78, 5) is 16.7. The number of pyridine rings is 1. The highest BCUT2D eigenvalue weighted by molar-refractivity contribution is 6.03. The minimum Gasteiger partial charge on any atom is -0.454 e. The van der Waals surface area contributed by atoms with Crippen molar-refractivity contribution in [2.24, 2.45) is 0 Å². The predicted octanol–water partition coefficient (Wildman–Crippen LogP) is 4.42. The minimum absolute atomic E-state index is 0.198. The summed E-state index contributed by atoms with van der Waals surface area (Å²) in [6, 6.07) is 15.0. The second kappa shape index (κ2) is 6.99. The van der Waals surface area contributed by atoms with Crippen molar-refractivity contribution in [2.45, 2.75) is 13.8 Å². The number of aromatic nitrogens is 1. The van der Waals surface area contributed by atoms with Gasteiger partial charge in [0.25, 0.3) is 5.91 Å². The third-order valence-electron chi connectivity index (χ3n) is 4.29. The molecule has 6 heteroatoms. The van der Waals surface area contributed by atoms with Crippen LogP contribution in [0.15, 0.2) is 54.7 Å². The van der Waals surface area contributed by atoms with E-state index >= 15 is 0 Å². The number of benzene rings is 2. The first kappa shape index (κ1) is 16.9. The fourth-order valence-electron chi connectivity index (χ4n) is 2.88. The highest BCUT2D eigenvalue weighted by Gasteiger charge is 2.15. The van der Waals surface area contributed by atoms with E-state index in [4.69, 9.17) is 9.47 Å². The molecule has 2 aromatic carbocycles. The molecule has 0 atom stereocenters. The molecule has 1 amide bonds. The maximum absolute atomic E-state index is 12.4. The van der Waals surface area contributed by atoms with E-state index in [0.29, 0.717) is 22.9 Å². The number of amides is 1. The highest BCUT2D eigenvalue weighted by Crippen LogP contribution is 2.34. The summed E-state index contributed by atoms with van der Waals surface area (Å²) in [5.74, 6) is 1.01. The molecule has 1 aliphatic heterocycles. The lowest BCUT2D eigenvalue weighted by molar-refractivity contribution is 0.102. The molecule has 0 aliphatic carbocycles. The van der Waals surface area contributed by atoms with Gasteiger partial charge in [-0.2, -0.15) is 0 Å². The number of carbonyl (C=O) groups excluding carboxylic acids is 1. The number of anilines is 3. The van der Waals surface area contributed by atoms with Crippen LogP contribution in [0.2, 0.25) is 0 Å². The number of nitrogens with zero attached hydrogens (tertiary/aromatic N) is 1. The molecule has 0 unspecified atom stereocenters. The van der Waals surface area contributed by atoms with Gasteiger partial charge in [0.2, 0.25) is 6.79 Å². The van der Waals surface area contributed by atoms with Crippen LogP contribution in [0.25, 0.3) is 0 Å². The normalized spacial score (nSPS) is 11.9. The summed E-state index contributed by atoms with van der Waals surface area (Å²) in [7, 11) is 0. The molecule has 0 radical (unpaired) electrons. The van der Waals surface area contributed by atoms with Crippen LogP contribution >= 0.6 is 0 Å². The lowest BCUT2D eigenvalue weighted by atomic mass is 10.1. The number of aryl methyl sites for hydroxylation is 2. The van der Waals surface area contributed by atoms with Crippen LogP contribution in [0, 0.1) is 13.8 Å². The first-order chi connectivity index (χ1) is 13.1. The Kier molecular flexibility index (Phi) is 4.38. The number of hydrogen-bond acceptors (Lipinski definition) is 5. The molecule has 0 fully saturated rings. The standard InChI is InChI=1S/C21H19N3O3/c1-13-3-6-17(14(2)9-13)23-16-4-7-18(22-11-16)21(25)24-15-5-8-19-20(10-15)27-12-26-19/h3-11,23H,12H2,1-2H3,(H,24,25). The van der Waals surface area contributed by atoms with Crippen LogP contribution < -0.4 is 20.1 Å². The summed E-state index contributed by atoms with van der Waals surface area (Å²) in [6.07, 6.45) is 1.65. The first-order valence-corrected chi connectivity index (χ1v) is 8.60. The van der Waals surface area contributed by atoms with Crippen molar-refractivity contribution in [3.63, 3.8) is 0 Å². The van der Waals surface area contributed by atoms with E-state index in [-0.39, 0.29) is 12.7 Å². The number of hydrogen-bond donors (Lipinski definition) is 2. The summed E-state index contributed by atoms with van der Waals surface area (Å²) in [6.45, 7) is 4.31. The largest absolute Gasteiger partial charge is 0.454 e. The highest BCUT2D eigenvalue weighted by atomic mass is 16.7. The number of nitrogens with one attached hydrogen (secondary N) is 2. The lowest BCUT2D eigenvalue weighted by Crippen LogP contribution is -2.13. The Balaban J connectivity index is 1.44. The quantitative estimate of drug-likeness (QED) is 0.719. The van der Waals surface area contributed by atoms with Crippen molar-refractivity contribution in [1.29, 1.82) is 0 Å². The van der Waals surface area contributed by atoms with E-state index in [1.165, 1.54) is 5.56 Å². The molecule has 136 valence electrons. The van der Waals surface area contributed by atoms with E-state index < -0.39 is 0 Å². The van der Waals surface area contributed by atoms with Crippen molar-refractivity contribution in [3.05, 3.63) is 71.5 Å². The van der Waals surface area contributed by atoms with Crippen LogP contribution in [0.4, 0.5) is 17.1 Å². The molecule has 1 aromatic heterocycles. The van der Waals surface area contributed by atoms with Gasteiger partial charge in [0, 0.05) is 17.4 Å². The topological polar surface area (TPSA) is 72.5 Å². The Morgan fingerprint density at radius 1 is 0.963 bits per heavy atom. The maximum atomic E-state index is 12.4. The van der Waals surface area contributed by atoms with Gasteiger partial charge in [-0.05, 0) is 49.7 Å². The first-order valence-electron chi connectivity index (χ1n) is 8.60. The molecule has 3 aromatic rings. The second-order valence-electron chi connectivity index (χ2n) is 6.40. The molecule has 4 rings (SSSR count). The van der Waals surface area contributed by atoms with Crippen molar-refractivity contribution in [1.82, 2.24) is 4.98 Å². The Hall–Kier alpha value is -3.54. The molecular weight excluding hydrogens is 342 g/mol. The molecule has 0 saturated carbocycles. The molecule has 6 nitrogen and oxygen atoms in total. The summed E-state index contributed by atoms with van der Waals surface area (Å²) >= 11 is 0. The van der Waals surface area contributed by atoms with Gasteiger partial charge in [-0.15, -0.1) is 0 Å². The summed E-state index contributed by atoms with van der Waals surface area (Å²) in [5, 5.41) is 6.13. The van der Waals surface area contributed by atoms with E-state index in [0.717, 1.165) is 16.9 Å². The molecule has 0 bridgehead atoms. The Bertz CT molecular complexity index is 1000. The van der Waals surface area contributed by atoms with E-state index in [2.05, 4.69) is 41.6 Å². The average Bonchev–Trinajstić information content (AvgIpc) is 3.12. The number of rotatable bonds is 4. The zero-order valence-electron chi connectivity index (χ0n) is 15.1.